The first-order valence-corrected chi connectivity index (χ1v) is 9.25. The molecular weight excluding hydrogens is 370 g/mol. The number of rotatable bonds is 6. The number of carboxylic acids is 1. The standard InChI is InChI=1S/C18H19N3O5S/c1-2-3-10-8-27-17-13(16(24)21(17)14(10)18(25)26)20-15(23)12(19)9-4-6-11(22)7-5-9/h2,4-7,12-13,17,22H,1,3,8,19H2,(H,20,23)(H,25,26)/t12?,13?,17-/m0/s1. The van der Waals surface area contributed by atoms with Gasteiger partial charge in [0.1, 0.15) is 28.9 Å². The summed E-state index contributed by atoms with van der Waals surface area (Å²) in [6.07, 6.45) is 1.98. The molecule has 1 saturated heterocycles. The molecule has 0 spiro atoms. The molecule has 0 radical (unpaired) electrons. The predicted octanol–water partition coefficient (Wildman–Crippen LogP) is 0.707. The molecule has 2 aliphatic heterocycles. The monoisotopic (exact) mass is 389 g/mol. The summed E-state index contributed by atoms with van der Waals surface area (Å²) in [6.45, 7) is 3.61. The minimum absolute atomic E-state index is 0.0306. The van der Waals surface area contributed by atoms with Gasteiger partial charge in [0, 0.05) is 5.75 Å². The third-order valence-corrected chi connectivity index (χ3v) is 5.81. The number of benzene rings is 1. The molecule has 0 bridgehead atoms. The van der Waals surface area contributed by atoms with E-state index >= 15 is 0 Å². The number of allylic oxidation sites excluding steroid dienone is 1. The smallest absolute Gasteiger partial charge is 0.352 e. The maximum atomic E-state index is 12.5. The lowest BCUT2D eigenvalue weighted by atomic mass is 10.0. The van der Waals surface area contributed by atoms with Gasteiger partial charge in [-0.2, -0.15) is 0 Å². The number of aliphatic carboxylic acids is 1. The van der Waals surface area contributed by atoms with Gasteiger partial charge in [0.15, 0.2) is 0 Å². The van der Waals surface area contributed by atoms with Gasteiger partial charge in [0.25, 0.3) is 5.91 Å². The zero-order valence-electron chi connectivity index (χ0n) is 14.3. The lowest BCUT2D eigenvalue weighted by Gasteiger charge is -2.49. The molecule has 27 heavy (non-hydrogen) atoms. The molecule has 2 unspecified atom stereocenters. The number of hydrogen-bond donors (Lipinski definition) is 4. The van der Waals surface area contributed by atoms with Crippen LogP contribution in [0.4, 0.5) is 0 Å². The number of nitrogens with one attached hydrogen (secondary N) is 1. The van der Waals surface area contributed by atoms with Crippen LogP contribution in [-0.4, -0.2) is 50.1 Å². The number of fused-ring (bicyclic) bond motifs is 1. The molecule has 0 saturated carbocycles. The van der Waals surface area contributed by atoms with E-state index < -0.39 is 35.2 Å². The Morgan fingerprint density at radius 3 is 2.67 bits per heavy atom. The third kappa shape index (κ3) is 3.43. The van der Waals surface area contributed by atoms with Crippen molar-refractivity contribution in [1.29, 1.82) is 0 Å². The fourth-order valence-corrected chi connectivity index (χ4v) is 4.45. The van der Waals surface area contributed by atoms with E-state index in [0.717, 1.165) is 0 Å². The van der Waals surface area contributed by atoms with E-state index in [1.54, 1.807) is 6.08 Å². The summed E-state index contributed by atoms with van der Waals surface area (Å²) in [6, 6.07) is 4.05. The molecule has 2 heterocycles. The highest BCUT2D eigenvalue weighted by atomic mass is 32.2. The number of amides is 2. The summed E-state index contributed by atoms with van der Waals surface area (Å²) in [5.41, 5.74) is 7.01. The Balaban J connectivity index is 1.73. The predicted molar refractivity (Wildman–Crippen MR) is 99.5 cm³/mol. The van der Waals surface area contributed by atoms with Gasteiger partial charge in [-0.3, -0.25) is 14.5 Å². The number of aromatic hydroxyl groups is 1. The molecule has 3 rings (SSSR count). The zero-order valence-corrected chi connectivity index (χ0v) is 15.1. The van der Waals surface area contributed by atoms with Crippen molar-refractivity contribution in [2.45, 2.75) is 23.9 Å². The Morgan fingerprint density at radius 1 is 1.41 bits per heavy atom. The molecule has 5 N–H and O–H groups in total. The zero-order chi connectivity index (χ0) is 19.7. The van der Waals surface area contributed by atoms with Crippen molar-refractivity contribution in [3.63, 3.8) is 0 Å². The van der Waals surface area contributed by atoms with Crippen LogP contribution in [0.1, 0.15) is 18.0 Å². The second-order valence-corrected chi connectivity index (χ2v) is 7.32. The summed E-state index contributed by atoms with van der Waals surface area (Å²) in [4.78, 5) is 37.7. The average Bonchev–Trinajstić information content (AvgIpc) is 2.65. The van der Waals surface area contributed by atoms with Gasteiger partial charge in [0.2, 0.25) is 5.91 Å². The van der Waals surface area contributed by atoms with Crippen molar-refractivity contribution in [2.24, 2.45) is 5.73 Å². The Morgan fingerprint density at radius 2 is 2.07 bits per heavy atom. The van der Waals surface area contributed by atoms with Gasteiger partial charge >= 0.3 is 5.97 Å². The number of phenols is 1. The maximum Gasteiger partial charge on any atom is 0.352 e. The van der Waals surface area contributed by atoms with Crippen LogP contribution >= 0.6 is 11.8 Å². The molecule has 0 aromatic heterocycles. The van der Waals surface area contributed by atoms with E-state index in [-0.39, 0.29) is 11.4 Å². The van der Waals surface area contributed by atoms with Gasteiger partial charge in [-0.15, -0.1) is 18.3 Å². The number of hydrogen-bond acceptors (Lipinski definition) is 6. The van der Waals surface area contributed by atoms with E-state index in [9.17, 15) is 24.6 Å². The van der Waals surface area contributed by atoms with Crippen LogP contribution in [0.2, 0.25) is 0 Å². The first-order valence-electron chi connectivity index (χ1n) is 8.21. The molecule has 1 aromatic rings. The van der Waals surface area contributed by atoms with Crippen molar-refractivity contribution < 1.29 is 24.6 Å². The second kappa shape index (κ2) is 7.45. The molecule has 9 heteroatoms. The Hall–Kier alpha value is -2.78. The van der Waals surface area contributed by atoms with Gasteiger partial charge < -0.3 is 21.3 Å². The molecule has 0 aliphatic carbocycles. The molecule has 1 fully saturated rings. The number of thioether (sulfide) groups is 1. The number of nitrogens with two attached hydrogens (primary N) is 1. The number of nitrogens with zero attached hydrogens (tertiary/aromatic N) is 1. The Bertz CT molecular complexity index is 836. The first kappa shape index (κ1) is 19.0. The lowest BCUT2D eigenvalue weighted by molar-refractivity contribution is -0.150. The van der Waals surface area contributed by atoms with Crippen LogP contribution in [0, 0.1) is 0 Å². The Kier molecular flexibility index (Phi) is 5.24. The van der Waals surface area contributed by atoms with Crippen molar-refractivity contribution >= 4 is 29.5 Å². The molecule has 142 valence electrons. The maximum absolute atomic E-state index is 12.5. The van der Waals surface area contributed by atoms with Crippen molar-refractivity contribution in [1.82, 2.24) is 10.2 Å². The molecule has 2 amide bonds. The normalized spacial score (nSPS) is 22.6. The number of carbonyl (C=O) groups excluding carboxylic acids is 2. The number of carbonyl (C=O) groups is 3. The lowest BCUT2D eigenvalue weighted by Crippen LogP contribution is -2.71. The van der Waals surface area contributed by atoms with E-state index in [1.165, 1.54) is 40.9 Å². The van der Waals surface area contributed by atoms with Crippen molar-refractivity contribution in [3.8, 4) is 5.75 Å². The highest BCUT2D eigenvalue weighted by Crippen LogP contribution is 2.41. The molecular formula is C18H19N3O5S. The summed E-state index contributed by atoms with van der Waals surface area (Å²) < 4.78 is 0. The van der Waals surface area contributed by atoms with Crippen LogP contribution in [-0.2, 0) is 14.4 Å². The van der Waals surface area contributed by atoms with Crippen LogP contribution in [0.15, 0.2) is 48.2 Å². The van der Waals surface area contributed by atoms with Crippen LogP contribution in [0.3, 0.4) is 0 Å². The fourth-order valence-electron chi connectivity index (χ4n) is 3.09. The van der Waals surface area contributed by atoms with Gasteiger partial charge in [-0.05, 0) is 29.7 Å². The molecule has 8 nitrogen and oxygen atoms in total. The second-order valence-electron chi connectivity index (χ2n) is 6.22. The third-order valence-electron chi connectivity index (χ3n) is 4.47. The van der Waals surface area contributed by atoms with Gasteiger partial charge in [0.05, 0.1) is 0 Å². The van der Waals surface area contributed by atoms with Crippen molar-refractivity contribution in [3.05, 3.63) is 53.8 Å². The quantitative estimate of drug-likeness (QED) is 0.416. The van der Waals surface area contributed by atoms with Crippen LogP contribution in [0.5, 0.6) is 5.75 Å². The molecule has 3 atom stereocenters. The minimum Gasteiger partial charge on any atom is -0.508 e. The molecule has 1 aromatic carbocycles. The first-order chi connectivity index (χ1) is 12.8. The van der Waals surface area contributed by atoms with E-state index in [1.807, 2.05) is 0 Å². The van der Waals surface area contributed by atoms with Crippen LogP contribution < -0.4 is 11.1 Å². The summed E-state index contributed by atoms with van der Waals surface area (Å²) >= 11 is 1.39. The van der Waals surface area contributed by atoms with E-state index in [0.29, 0.717) is 23.3 Å². The number of carboxylic acid groups (broad SMARTS) is 1. The molecule has 2 aliphatic rings. The minimum atomic E-state index is -1.17. The Labute approximate surface area is 159 Å². The summed E-state index contributed by atoms with van der Waals surface area (Å²) in [5.74, 6) is -1.69. The van der Waals surface area contributed by atoms with Gasteiger partial charge in [-0.1, -0.05) is 18.2 Å². The summed E-state index contributed by atoms with van der Waals surface area (Å²) in [7, 11) is 0. The largest absolute Gasteiger partial charge is 0.508 e. The highest BCUT2D eigenvalue weighted by Gasteiger charge is 2.54. The number of phenolic OH excluding ortho intramolecular Hbond substituents is 1. The highest BCUT2D eigenvalue weighted by molar-refractivity contribution is 8.00. The topological polar surface area (TPSA) is 133 Å². The van der Waals surface area contributed by atoms with Crippen LogP contribution in [0.25, 0.3) is 0 Å². The SMILES string of the molecule is C=CCC1=C(C(=O)O)N2C(=O)C(NC(=O)C(N)c3ccc(O)cc3)[C@@H]2SC1. The fraction of sp³-hybridized carbons (Fsp3) is 0.278. The van der Waals surface area contributed by atoms with E-state index in [2.05, 4.69) is 11.9 Å². The van der Waals surface area contributed by atoms with E-state index in [4.69, 9.17) is 5.73 Å². The number of β-lactam (4-membered cyclic amide) rings is 1. The van der Waals surface area contributed by atoms with Crippen molar-refractivity contribution in [2.75, 3.05) is 5.75 Å². The van der Waals surface area contributed by atoms with Gasteiger partial charge in [-0.25, -0.2) is 4.79 Å². The average molecular weight is 389 g/mol. The summed E-state index contributed by atoms with van der Waals surface area (Å²) in [5, 5.41) is 20.9.